The van der Waals surface area contributed by atoms with Gasteiger partial charge in [-0.25, -0.2) is 0 Å². The lowest BCUT2D eigenvalue weighted by Crippen LogP contribution is -2.50. The maximum absolute atomic E-state index is 11.7. The summed E-state index contributed by atoms with van der Waals surface area (Å²) in [7, 11) is 0. The van der Waals surface area contributed by atoms with Gasteiger partial charge in [0.1, 0.15) is 0 Å². The van der Waals surface area contributed by atoms with E-state index in [0.717, 1.165) is 18.8 Å². The minimum atomic E-state index is -0.0631. The summed E-state index contributed by atoms with van der Waals surface area (Å²) in [6, 6.07) is 6.96. The molecule has 2 amide bonds. The predicted molar refractivity (Wildman–Crippen MR) is 85.9 cm³/mol. The molecule has 0 unspecified atom stereocenters. The number of anilines is 1. The average Bonchev–Trinajstić information content (AvgIpc) is 2.35. The molecule has 1 saturated heterocycles. The van der Waals surface area contributed by atoms with Crippen LogP contribution in [0.4, 0.5) is 5.69 Å². The second kappa shape index (κ2) is 8.87. The number of hydrogen-bond donors (Lipinski definition) is 3. The number of hydrogen-bond acceptors (Lipinski definition) is 3. The Morgan fingerprint density at radius 1 is 1.24 bits per heavy atom. The average molecular weight is 332 g/mol. The quantitative estimate of drug-likeness (QED) is 0.696. The van der Waals surface area contributed by atoms with Crippen LogP contribution in [-0.2, 0) is 9.59 Å². The van der Waals surface area contributed by atoms with Crippen LogP contribution < -0.4 is 16.0 Å². The molecule has 1 fully saturated rings. The molecule has 1 heterocycles. The summed E-state index contributed by atoms with van der Waals surface area (Å²) in [6.07, 6.45) is 1.01. The molecule has 2 rings (SSSR count). The van der Waals surface area contributed by atoms with Crippen molar-refractivity contribution in [2.75, 3.05) is 25.0 Å². The third-order valence-electron chi connectivity index (χ3n) is 3.16. The number of nitrogens with one attached hydrogen (secondary N) is 3. The van der Waals surface area contributed by atoms with Gasteiger partial charge in [-0.3, -0.25) is 9.59 Å². The van der Waals surface area contributed by atoms with Crippen LogP contribution in [-0.4, -0.2) is 31.4 Å². The van der Waals surface area contributed by atoms with E-state index in [2.05, 4.69) is 16.0 Å². The van der Waals surface area contributed by atoms with Gasteiger partial charge in [0.15, 0.2) is 0 Å². The first kappa shape index (κ1) is 17.8. The van der Waals surface area contributed by atoms with Crippen molar-refractivity contribution in [3.8, 4) is 0 Å². The summed E-state index contributed by atoms with van der Waals surface area (Å²) in [5.41, 5.74) is 0.726. The third kappa shape index (κ3) is 5.91. The zero-order valence-electron chi connectivity index (χ0n) is 11.5. The SMILES string of the molecule is Cl.O=C(CCCNC(=O)C1CNC1)Nc1ccc(Cl)cc1. The Kier molecular flexibility index (Phi) is 7.50. The molecule has 0 bridgehead atoms. The van der Waals surface area contributed by atoms with Crippen molar-refractivity contribution in [2.24, 2.45) is 5.92 Å². The molecular weight excluding hydrogens is 313 g/mol. The number of halogens is 2. The van der Waals surface area contributed by atoms with Gasteiger partial charge in [-0.15, -0.1) is 12.4 Å². The zero-order chi connectivity index (χ0) is 14.4. The van der Waals surface area contributed by atoms with E-state index >= 15 is 0 Å². The highest BCUT2D eigenvalue weighted by Gasteiger charge is 2.24. The first-order valence-corrected chi connectivity index (χ1v) is 7.07. The highest BCUT2D eigenvalue weighted by molar-refractivity contribution is 6.30. The molecule has 0 atom stereocenters. The summed E-state index contributed by atoms with van der Waals surface area (Å²) < 4.78 is 0. The Morgan fingerprint density at radius 3 is 2.48 bits per heavy atom. The molecule has 1 aromatic carbocycles. The molecule has 1 aliphatic rings. The van der Waals surface area contributed by atoms with Crippen LogP contribution in [0.15, 0.2) is 24.3 Å². The Bertz CT molecular complexity index is 476. The number of rotatable bonds is 6. The second-order valence-electron chi connectivity index (χ2n) is 4.80. The van der Waals surface area contributed by atoms with E-state index in [1.807, 2.05) is 0 Å². The smallest absolute Gasteiger partial charge is 0.225 e. The van der Waals surface area contributed by atoms with Crippen molar-refractivity contribution >= 4 is 41.5 Å². The largest absolute Gasteiger partial charge is 0.356 e. The third-order valence-corrected chi connectivity index (χ3v) is 3.41. The Balaban J connectivity index is 0.00000220. The molecular formula is C14H19Cl2N3O2. The van der Waals surface area contributed by atoms with E-state index in [-0.39, 0.29) is 30.1 Å². The Morgan fingerprint density at radius 2 is 1.90 bits per heavy atom. The molecule has 1 aliphatic heterocycles. The summed E-state index contributed by atoms with van der Waals surface area (Å²) >= 11 is 5.77. The highest BCUT2D eigenvalue weighted by Crippen LogP contribution is 2.13. The molecule has 0 aromatic heterocycles. The predicted octanol–water partition coefficient (Wildman–Crippen LogP) is 1.82. The highest BCUT2D eigenvalue weighted by atomic mass is 35.5. The summed E-state index contributed by atoms with van der Waals surface area (Å²) in [5, 5.41) is 9.30. The standard InChI is InChI=1S/C14H18ClN3O2.ClH/c15-11-3-5-12(6-4-11)18-13(19)2-1-7-17-14(20)10-8-16-9-10;/h3-6,10,16H,1-2,7-9H2,(H,17,20)(H,18,19);1H. The fraction of sp³-hybridized carbons (Fsp3) is 0.429. The van der Waals surface area contributed by atoms with Crippen molar-refractivity contribution in [2.45, 2.75) is 12.8 Å². The van der Waals surface area contributed by atoms with Crippen LogP contribution in [0.5, 0.6) is 0 Å². The monoisotopic (exact) mass is 331 g/mol. The van der Waals surface area contributed by atoms with E-state index in [4.69, 9.17) is 11.6 Å². The summed E-state index contributed by atoms with van der Waals surface area (Å²) in [4.78, 5) is 23.2. The van der Waals surface area contributed by atoms with Crippen molar-refractivity contribution in [1.82, 2.24) is 10.6 Å². The van der Waals surface area contributed by atoms with Gasteiger partial charge >= 0.3 is 0 Å². The Hall–Kier alpha value is -1.30. The van der Waals surface area contributed by atoms with E-state index in [0.29, 0.717) is 24.4 Å². The molecule has 3 N–H and O–H groups in total. The Labute approximate surface area is 135 Å². The molecule has 0 radical (unpaired) electrons. The van der Waals surface area contributed by atoms with E-state index in [9.17, 15) is 9.59 Å². The van der Waals surface area contributed by atoms with E-state index < -0.39 is 0 Å². The lowest BCUT2D eigenvalue weighted by Gasteiger charge is -2.25. The first-order chi connectivity index (χ1) is 9.65. The molecule has 1 aromatic rings. The van der Waals surface area contributed by atoms with Gasteiger partial charge in [-0.05, 0) is 30.7 Å². The number of amides is 2. The van der Waals surface area contributed by atoms with Crippen LogP contribution in [0.1, 0.15) is 12.8 Å². The van der Waals surface area contributed by atoms with Gasteiger partial charge in [0, 0.05) is 36.8 Å². The zero-order valence-corrected chi connectivity index (χ0v) is 13.1. The number of benzene rings is 1. The van der Waals surface area contributed by atoms with Crippen LogP contribution in [0, 0.1) is 5.92 Å². The van der Waals surface area contributed by atoms with Gasteiger partial charge < -0.3 is 16.0 Å². The number of carbonyl (C=O) groups excluding carboxylic acids is 2. The maximum atomic E-state index is 11.7. The molecule has 7 heteroatoms. The van der Waals surface area contributed by atoms with Gasteiger partial charge in [-0.2, -0.15) is 0 Å². The summed E-state index contributed by atoms with van der Waals surface area (Å²) in [5.74, 6) is 0.103. The minimum absolute atomic E-state index is 0. The molecule has 5 nitrogen and oxygen atoms in total. The first-order valence-electron chi connectivity index (χ1n) is 6.69. The van der Waals surface area contributed by atoms with Crippen LogP contribution in [0.3, 0.4) is 0 Å². The fourth-order valence-electron chi connectivity index (χ4n) is 1.84. The molecule has 116 valence electrons. The lowest BCUT2D eigenvalue weighted by atomic mass is 10.0. The minimum Gasteiger partial charge on any atom is -0.356 e. The van der Waals surface area contributed by atoms with Gasteiger partial charge in [-0.1, -0.05) is 11.6 Å². The maximum Gasteiger partial charge on any atom is 0.225 e. The van der Waals surface area contributed by atoms with Crippen LogP contribution in [0.2, 0.25) is 5.02 Å². The van der Waals surface area contributed by atoms with Crippen molar-refractivity contribution in [1.29, 1.82) is 0 Å². The van der Waals surface area contributed by atoms with Crippen molar-refractivity contribution < 1.29 is 9.59 Å². The molecule has 0 aliphatic carbocycles. The van der Waals surface area contributed by atoms with Gasteiger partial charge in [0.05, 0.1) is 5.92 Å². The molecule has 21 heavy (non-hydrogen) atoms. The van der Waals surface area contributed by atoms with Crippen molar-refractivity contribution in [3.63, 3.8) is 0 Å². The number of carbonyl (C=O) groups is 2. The second-order valence-corrected chi connectivity index (χ2v) is 5.24. The van der Waals surface area contributed by atoms with Gasteiger partial charge in [0.25, 0.3) is 0 Å². The van der Waals surface area contributed by atoms with Crippen LogP contribution in [0.25, 0.3) is 0 Å². The van der Waals surface area contributed by atoms with E-state index in [1.165, 1.54) is 0 Å². The fourth-order valence-corrected chi connectivity index (χ4v) is 1.96. The summed E-state index contributed by atoms with van der Waals surface area (Å²) in [6.45, 7) is 2.04. The van der Waals surface area contributed by atoms with Crippen molar-refractivity contribution in [3.05, 3.63) is 29.3 Å². The van der Waals surface area contributed by atoms with Crippen LogP contribution >= 0.6 is 24.0 Å². The van der Waals surface area contributed by atoms with E-state index in [1.54, 1.807) is 24.3 Å². The molecule has 0 spiro atoms. The molecule has 0 saturated carbocycles. The lowest BCUT2D eigenvalue weighted by molar-refractivity contribution is -0.126. The topological polar surface area (TPSA) is 70.2 Å². The normalized spacial score (nSPS) is 13.8. The van der Waals surface area contributed by atoms with Gasteiger partial charge in [0.2, 0.25) is 11.8 Å².